The average Bonchev–Trinajstić information content (AvgIpc) is 2.84. The van der Waals surface area contributed by atoms with Crippen molar-refractivity contribution in [2.75, 3.05) is 19.6 Å². The van der Waals surface area contributed by atoms with Crippen LogP contribution < -0.4 is 5.73 Å². The molecule has 1 aliphatic heterocycles. The Hall–Kier alpha value is -1.46. The van der Waals surface area contributed by atoms with Crippen molar-refractivity contribution in [3.8, 4) is 0 Å². The molecule has 1 unspecified atom stereocenters. The Morgan fingerprint density at radius 1 is 1.41 bits per heavy atom. The van der Waals surface area contributed by atoms with E-state index in [0.717, 1.165) is 18.7 Å². The molecule has 92 valence electrons. The highest BCUT2D eigenvalue weighted by Gasteiger charge is 2.23. The molecule has 1 fully saturated rings. The van der Waals surface area contributed by atoms with Crippen LogP contribution >= 0.6 is 0 Å². The van der Waals surface area contributed by atoms with Gasteiger partial charge in [0.05, 0.1) is 4.92 Å². The second kappa shape index (κ2) is 5.25. The zero-order valence-electron chi connectivity index (χ0n) is 9.71. The summed E-state index contributed by atoms with van der Waals surface area (Å²) in [7, 11) is 0. The number of hydrogen-bond donors (Lipinski definition) is 1. The number of benzene rings is 1. The van der Waals surface area contributed by atoms with Gasteiger partial charge in [-0.05, 0) is 31.5 Å². The first kappa shape index (κ1) is 12.0. The lowest BCUT2D eigenvalue weighted by molar-refractivity contribution is -0.384. The van der Waals surface area contributed by atoms with Gasteiger partial charge in [-0.15, -0.1) is 0 Å². The van der Waals surface area contributed by atoms with E-state index in [0.29, 0.717) is 6.54 Å². The van der Waals surface area contributed by atoms with E-state index in [1.165, 1.54) is 18.9 Å². The first-order chi connectivity index (χ1) is 8.22. The second-order valence-electron chi connectivity index (χ2n) is 4.35. The number of non-ortho nitro benzene ring substituents is 1. The second-order valence-corrected chi connectivity index (χ2v) is 4.35. The van der Waals surface area contributed by atoms with Crippen LogP contribution in [0.4, 0.5) is 5.69 Å². The number of nitrogens with two attached hydrogens (primary N) is 1. The minimum absolute atomic E-state index is 0.109. The minimum atomic E-state index is -0.360. The molecular weight excluding hydrogens is 218 g/mol. The van der Waals surface area contributed by atoms with E-state index in [4.69, 9.17) is 5.73 Å². The van der Waals surface area contributed by atoms with Crippen molar-refractivity contribution in [3.63, 3.8) is 0 Å². The van der Waals surface area contributed by atoms with Gasteiger partial charge in [-0.25, -0.2) is 0 Å². The number of nitrogens with zero attached hydrogens (tertiary/aromatic N) is 2. The molecule has 0 radical (unpaired) electrons. The van der Waals surface area contributed by atoms with Gasteiger partial charge in [-0.2, -0.15) is 0 Å². The summed E-state index contributed by atoms with van der Waals surface area (Å²) < 4.78 is 0. The maximum Gasteiger partial charge on any atom is 0.269 e. The molecule has 1 saturated heterocycles. The molecule has 1 aromatic rings. The Kier molecular flexibility index (Phi) is 3.71. The van der Waals surface area contributed by atoms with Crippen LogP contribution in [0.5, 0.6) is 0 Å². The van der Waals surface area contributed by atoms with Gasteiger partial charge in [-0.3, -0.25) is 15.0 Å². The molecule has 5 nitrogen and oxygen atoms in total. The van der Waals surface area contributed by atoms with Crippen LogP contribution in [0.2, 0.25) is 0 Å². The van der Waals surface area contributed by atoms with Gasteiger partial charge in [0.25, 0.3) is 5.69 Å². The van der Waals surface area contributed by atoms with E-state index < -0.39 is 0 Å². The molecule has 2 rings (SSSR count). The minimum Gasteiger partial charge on any atom is -0.329 e. The molecule has 0 bridgehead atoms. The van der Waals surface area contributed by atoms with Crippen LogP contribution in [0.25, 0.3) is 0 Å². The van der Waals surface area contributed by atoms with Gasteiger partial charge < -0.3 is 5.73 Å². The molecule has 1 atom stereocenters. The molecule has 1 heterocycles. The Morgan fingerprint density at radius 3 is 2.71 bits per heavy atom. The zero-order valence-corrected chi connectivity index (χ0v) is 9.71. The number of hydrogen-bond acceptors (Lipinski definition) is 4. The van der Waals surface area contributed by atoms with Gasteiger partial charge in [-0.1, -0.05) is 12.1 Å². The van der Waals surface area contributed by atoms with Crippen molar-refractivity contribution in [1.29, 1.82) is 0 Å². The number of nitro benzene ring substituents is 1. The fraction of sp³-hybridized carbons (Fsp3) is 0.500. The fourth-order valence-corrected chi connectivity index (χ4v) is 2.39. The Balaban J connectivity index is 2.23. The largest absolute Gasteiger partial charge is 0.329 e. The van der Waals surface area contributed by atoms with Crippen molar-refractivity contribution in [1.82, 2.24) is 4.90 Å². The third kappa shape index (κ3) is 2.62. The maximum atomic E-state index is 10.7. The summed E-state index contributed by atoms with van der Waals surface area (Å²) >= 11 is 0. The SMILES string of the molecule is NCC(c1cccc([N+](=O)[O-])c1)N1CCCC1. The van der Waals surface area contributed by atoms with Crippen LogP contribution in [0.15, 0.2) is 24.3 Å². The Bertz CT molecular complexity index is 402. The quantitative estimate of drug-likeness (QED) is 0.636. The lowest BCUT2D eigenvalue weighted by atomic mass is 10.1. The molecule has 0 amide bonds. The summed E-state index contributed by atoms with van der Waals surface area (Å²) in [6, 6.07) is 6.91. The summed E-state index contributed by atoms with van der Waals surface area (Å²) in [6.45, 7) is 2.57. The topological polar surface area (TPSA) is 72.4 Å². The van der Waals surface area contributed by atoms with Gasteiger partial charge in [0.1, 0.15) is 0 Å². The molecular formula is C12H17N3O2. The molecule has 2 N–H and O–H groups in total. The van der Waals surface area contributed by atoms with Crippen molar-refractivity contribution in [2.45, 2.75) is 18.9 Å². The van der Waals surface area contributed by atoms with Crippen LogP contribution in [-0.2, 0) is 0 Å². The summed E-state index contributed by atoms with van der Waals surface area (Å²) in [5.41, 5.74) is 6.89. The fourth-order valence-electron chi connectivity index (χ4n) is 2.39. The Morgan fingerprint density at radius 2 is 2.12 bits per heavy atom. The molecule has 5 heteroatoms. The lowest BCUT2D eigenvalue weighted by Crippen LogP contribution is -2.31. The maximum absolute atomic E-state index is 10.7. The number of rotatable bonds is 4. The van der Waals surface area contributed by atoms with Crippen molar-refractivity contribution in [2.24, 2.45) is 5.73 Å². The number of nitro groups is 1. The predicted molar refractivity (Wildman–Crippen MR) is 65.7 cm³/mol. The summed E-state index contributed by atoms with van der Waals surface area (Å²) in [5.74, 6) is 0. The standard InChI is InChI=1S/C12H17N3O2/c13-9-12(14-6-1-2-7-14)10-4-3-5-11(8-10)15(16)17/h3-5,8,12H,1-2,6-7,9,13H2. The van der Waals surface area contributed by atoms with Crippen LogP contribution in [-0.4, -0.2) is 29.5 Å². The summed E-state index contributed by atoms with van der Waals surface area (Å²) in [5, 5.41) is 10.7. The highest BCUT2D eigenvalue weighted by molar-refractivity contribution is 5.36. The molecule has 17 heavy (non-hydrogen) atoms. The van der Waals surface area contributed by atoms with E-state index in [1.807, 2.05) is 6.07 Å². The van der Waals surface area contributed by atoms with Crippen molar-refractivity contribution in [3.05, 3.63) is 39.9 Å². The van der Waals surface area contributed by atoms with E-state index in [1.54, 1.807) is 12.1 Å². The Labute approximate surface area is 100 Å². The monoisotopic (exact) mass is 235 g/mol. The normalized spacial score (nSPS) is 18.2. The van der Waals surface area contributed by atoms with Crippen LogP contribution in [0, 0.1) is 10.1 Å². The van der Waals surface area contributed by atoms with Crippen LogP contribution in [0.3, 0.4) is 0 Å². The van der Waals surface area contributed by atoms with Crippen molar-refractivity contribution >= 4 is 5.69 Å². The lowest BCUT2D eigenvalue weighted by Gasteiger charge is -2.26. The molecule has 1 aromatic carbocycles. The summed E-state index contributed by atoms with van der Waals surface area (Å²) in [6.07, 6.45) is 2.37. The predicted octanol–water partition coefficient (Wildman–Crippen LogP) is 1.69. The molecule has 0 aliphatic carbocycles. The summed E-state index contributed by atoms with van der Waals surface area (Å²) in [4.78, 5) is 12.7. The highest BCUT2D eigenvalue weighted by atomic mass is 16.6. The van der Waals surface area contributed by atoms with Gasteiger partial charge >= 0.3 is 0 Å². The first-order valence-electron chi connectivity index (χ1n) is 5.91. The van der Waals surface area contributed by atoms with E-state index >= 15 is 0 Å². The first-order valence-corrected chi connectivity index (χ1v) is 5.91. The van der Waals surface area contributed by atoms with E-state index in [2.05, 4.69) is 4.90 Å². The van der Waals surface area contributed by atoms with Gasteiger partial charge in [0.2, 0.25) is 0 Å². The van der Waals surface area contributed by atoms with Crippen LogP contribution in [0.1, 0.15) is 24.4 Å². The van der Waals surface area contributed by atoms with E-state index in [9.17, 15) is 10.1 Å². The highest BCUT2D eigenvalue weighted by Crippen LogP contribution is 2.26. The molecule has 0 saturated carbocycles. The molecule has 0 aromatic heterocycles. The third-order valence-electron chi connectivity index (χ3n) is 3.27. The molecule has 1 aliphatic rings. The van der Waals surface area contributed by atoms with Gasteiger partial charge in [0, 0.05) is 24.7 Å². The van der Waals surface area contributed by atoms with Crippen molar-refractivity contribution < 1.29 is 4.92 Å². The smallest absolute Gasteiger partial charge is 0.269 e. The van der Waals surface area contributed by atoms with Gasteiger partial charge in [0.15, 0.2) is 0 Å². The molecule has 0 spiro atoms. The van der Waals surface area contributed by atoms with E-state index in [-0.39, 0.29) is 16.7 Å². The third-order valence-corrected chi connectivity index (χ3v) is 3.27. The zero-order chi connectivity index (χ0) is 12.3. The number of likely N-dealkylation sites (tertiary alicyclic amines) is 1. The average molecular weight is 235 g/mol.